The Kier molecular flexibility index (Phi) is 7.77. The second kappa shape index (κ2) is 10.9. The Labute approximate surface area is 216 Å². The first-order chi connectivity index (χ1) is 18.1. The highest BCUT2D eigenvalue weighted by atomic mass is 19.2. The van der Waals surface area contributed by atoms with Crippen molar-refractivity contribution >= 4 is 24.0 Å². The van der Waals surface area contributed by atoms with E-state index in [1.807, 2.05) is 0 Å². The number of benzene rings is 2. The third kappa shape index (κ3) is 5.67. The Morgan fingerprint density at radius 1 is 1.08 bits per heavy atom. The van der Waals surface area contributed by atoms with Crippen LogP contribution in [0.25, 0.3) is 5.76 Å². The van der Waals surface area contributed by atoms with Gasteiger partial charge in [-0.15, -0.1) is 0 Å². The summed E-state index contributed by atoms with van der Waals surface area (Å²) in [6, 6.07) is 9.32. The van der Waals surface area contributed by atoms with Gasteiger partial charge in [0, 0.05) is 6.21 Å². The summed E-state index contributed by atoms with van der Waals surface area (Å²) in [6.45, 7) is 1.03. The highest BCUT2D eigenvalue weighted by Crippen LogP contribution is 2.48. The van der Waals surface area contributed by atoms with Crippen molar-refractivity contribution in [3.8, 4) is 0 Å². The summed E-state index contributed by atoms with van der Waals surface area (Å²) in [5, 5.41) is 22.6. The van der Waals surface area contributed by atoms with E-state index in [9.17, 15) is 19.8 Å². The summed E-state index contributed by atoms with van der Waals surface area (Å²) < 4.78 is 55.7. The number of aliphatic hydroxyl groups is 2. The number of alkyl carbamates (subject to hydrolysis) is 1. The van der Waals surface area contributed by atoms with Gasteiger partial charge in [0.2, 0.25) is 0 Å². The van der Waals surface area contributed by atoms with Crippen molar-refractivity contribution in [1.29, 1.82) is 0 Å². The van der Waals surface area contributed by atoms with Crippen LogP contribution in [0, 0.1) is 17.5 Å². The molecule has 0 saturated heterocycles. The number of aliphatic imine (C=N–C) groups is 1. The molecule has 38 heavy (non-hydrogen) atoms. The number of hydrogen-bond donors (Lipinski definition) is 3. The molecule has 2 fully saturated rings. The van der Waals surface area contributed by atoms with Gasteiger partial charge in [0.05, 0.1) is 35.4 Å². The topological polar surface area (TPSA) is 117 Å². The summed E-state index contributed by atoms with van der Waals surface area (Å²) >= 11 is 0. The van der Waals surface area contributed by atoms with Crippen LogP contribution in [0.2, 0.25) is 0 Å². The van der Waals surface area contributed by atoms with Crippen molar-refractivity contribution in [2.75, 3.05) is 13.2 Å². The molecule has 2 aromatic rings. The van der Waals surface area contributed by atoms with Gasteiger partial charge in [-0.05, 0) is 44.2 Å². The van der Waals surface area contributed by atoms with Gasteiger partial charge >= 0.3 is 12.1 Å². The molecule has 8 nitrogen and oxygen atoms in total. The van der Waals surface area contributed by atoms with Crippen LogP contribution in [0.3, 0.4) is 0 Å². The molecule has 0 unspecified atom stereocenters. The smallest absolute Gasteiger partial charge is 0.408 e. The fourth-order valence-electron chi connectivity index (χ4n) is 3.96. The summed E-state index contributed by atoms with van der Waals surface area (Å²) in [5.41, 5.74) is -3.90. The number of carbonyl (C=O) groups is 2. The zero-order valence-corrected chi connectivity index (χ0v) is 20.6. The lowest BCUT2D eigenvalue weighted by Crippen LogP contribution is -2.37. The number of ether oxygens (including phenoxy) is 2. The van der Waals surface area contributed by atoms with Gasteiger partial charge in [-0.25, -0.2) is 22.8 Å². The molecule has 3 N–H and O–H groups in total. The number of esters is 1. The van der Waals surface area contributed by atoms with E-state index in [0.29, 0.717) is 24.5 Å². The van der Waals surface area contributed by atoms with Gasteiger partial charge in [0.15, 0.2) is 11.6 Å². The van der Waals surface area contributed by atoms with Crippen molar-refractivity contribution in [2.24, 2.45) is 4.99 Å². The Balaban J connectivity index is 1.62. The van der Waals surface area contributed by atoms with E-state index in [4.69, 9.17) is 9.47 Å². The Morgan fingerprint density at radius 2 is 1.76 bits per heavy atom. The van der Waals surface area contributed by atoms with E-state index in [1.165, 1.54) is 6.92 Å². The van der Waals surface area contributed by atoms with Gasteiger partial charge in [0.1, 0.15) is 23.8 Å². The molecular weight excluding hydrogens is 505 g/mol. The molecule has 0 aromatic heterocycles. The van der Waals surface area contributed by atoms with E-state index < -0.39 is 63.1 Å². The monoisotopic (exact) mass is 532 g/mol. The maximum atomic E-state index is 15.2. The number of carbonyl (C=O) groups excluding carboxylic acids is 2. The van der Waals surface area contributed by atoms with Crippen LogP contribution >= 0.6 is 0 Å². The lowest BCUT2D eigenvalue weighted by atomic mass is 9.98. The molecule has 0 aliphatic heterocycles. The van der Waals surface area contributed by atoms with E-state index in [-0.39, 0.29) is 32.7 Å². The molecule has 202 valence electrons. The third-order valence-electron chi connectivity index (χ3n) is 6.54. The number of aliphatic hydroxyl groups excluding tert-OH is 2. The average molecular weight is 533 g/mol. The molecule has 11 heteroatoms. The molecule has 0 bridgehead atoms. The fourth-order valence-corrected chi connectivity index (χ4v) is 3.96. The molecule has 1 amide bonds. The van der Waals surface area contributed by atoms with Gasteiger partial charge in [-0.1, -0.05) is 30.3 Å². The summed E-state index contributed by atoms with van der Waals surface area (Å²) in [5.74, 6) is -6.65. The van der Waals surface area contributed by atoms with E-state index in [0.717, 1.165) is 6.21 Å². The van der Waals surface area contributed by atoms with Gasteiger partial charge < -0.3 is 25.0 Å². The second-order valence-electron chi connectivity index (χ2n) is 9.30. The Morgan fingerprint density at radius 3 is 2.34 bits per heavy atom. The second-order valence-corrected chi connectivity index (χ2v) is 9.30. The zero-order valence-electron chi connectivity index (χ0n) is 20.6. The summed E-state index contributed by atoms with van der Waals surface area (Å²) in [6.07, 6.45) is 1.30. The molecule has 0 radical (unpaired) electrons. The number of hydrogen-bond acceptors (Lipinski definition) is 7. The highest BCUT2D eigenvalue weighted by molar-refractivity contribution is 6.15. The lowest BCUT2D eigenvalue weighted by Gasteiger charge is -2.20. The summed E-state index contributed by atoms with van der Waals surface area (Å²) in [7, 11) is 0. The summed E-state index contributed by atoms with van der Waals surface area (Å²) in [4.78, 5) is 28.8. The van der Waals surface area contributed by atoms with Crippen molar-refractivity contribution in [2.45, 2.75) is 50.3 Å². The van der Waals surface area contributed by atoms with Gasteiger partial charge in [-0.2, -0.15) is 0 Å². The quantitative estimate of drug-likeness (QED) is 0.137. The van der Waals surface area contributed by atoms with Crippen LogP contribution in [-0.4, -0.2) is 47.2 Å². The van der Waals surface area contributed by atoms with Gasteiger partial charge in [-0.3, -0.25) is 4.99 Å². The molecule has 0 atom stereocenters. The molecule has 2 aromatic carbocycles. The average Bonchev–Trinajstić information content (AvgIpc) is 3.83. The molecule has 2 aliphatic carbocycles. The predicted molar refractivity (Wildman–Crippen MR) is 131 cm³/mol. The largest absolute Gasteiger partial charge is 0.506 e. The molecule has 0 heterocycles. The van der Waals surface area contributed by atoms with E-state index in [1.54, 1.807) is 30.3 Å². The number of nitrogens with zero attached hydrogens (tertiary/aromatic N) is 1. The minimum Gasteiger partial charge on any atom is -0.506 e. The van der Waals surface area contributed by atoms with Crippen molar-refractivity contribution in [3.63, 3.8) is 0 Å². The van der Waals surface area contributed by atoms with Crippen LogP contribution in [0.5, 0.6) is 0 Å². The molecule has 2 aliphatic rings. The van der Waals surface area contributed by atoms with Crippen LogP contribution in [0.15, 0.2) is 47.0 Å². The van der Waals surface area contributed by atoms with Crippen LogP contribution in [0.1, 0.15) is 49.3 Å². The minimum atomic E-state index is -1.62. The number of rotatable bonds is 10. The molecular formula is C27H27F3N2O6. The minimum absolute atomic E-state index is 0.0740. The fraction of sp³-hybridized carbons (Fsp3) is 0.370. The maximum Gasteiger partial charge on any atom is 0.408 e. The Bertz CT molecular complexity index is 1290. The van der Waals surface area contributed by atoms with Crippen molar-refractivity contribution in [1.82, 2.24) is 5.32 Å². The third-order valence-corrected chi connectivity index (χ3v) is 6.54. The standard InChI is InChI=1S/C27H27F3N2O6/c1-2-37-24(35)18(13-31-26(15-33)8-9-26)23(34)17-12-19(28)20(22(30)21(17)29)27(10-11-27)32-25(36)38-14-16-6-4-3-5-7-16/h3-7,12-13,33-34H,2,8-11,14-15H2,1H3,(H,32,36)/b23-18-,31-13?. The highest BCUT2D eigenvalue weighted by Gasteiger charge is 2.51. The van der Waals surface area contributed by atoms with Crippen LogP contribution in [0.4, 0.5) is 18.0 Å². The lowest BCUT2D eigenvalue weighted by molar-refractivity contribution is -0.137. The first kappa shape index (κ1) is 27.2. The molecule has 0 spiro atoms. The number of nitrogens with one attached hydrogen (secondary N) is 1. The number of amides is 1. The molecule has 4 rings (SSSR count). The SMILES string of the molecule is CCOC(=O)/C(C=NC1(CO)CC1)=C(\O)c1cc(F)c(C2(NC(=O)OCc3ccccc3)CC2)c(F)c1F. The Hall–Kier alpha value is -3.86. The van der Waals surface area contributed by atoms with Gasteiger partial charge in [0.25, 0.3) is 0 Å². The maximum absolute atomic E-state index is 15.2. The van der Waals surface area contributed by atoms with E-state index >= 15 is 13.2 Å². The normalized spacial score (nSPS) is 17.5. The van der Waals surface area contributed by atoms with Crippen molar-refractivity contribution in [3.05, 3.63) is 76.1 Å². The predicted octanol–water partition coefficient (Wildman–Crippen LogP) is 4.45. The van der Waals surface area contributed by atoms with Crippen molar-refractivity contribution < 1.29 is 42.4 Å². The molecule has 2 saturated carbocycles. The zero-order chi connectivity index (χ0) is 27.5. The van der Waals surface area contributed by atoms with Crippen LogP contribution in [-0.2, 0) is 26.4 Å². The number of halogens is 3. The first-order valence-electron chi connectivity index (χ1n) is 12.1. The first-order valence-corrected chi connectivity index (χ1v) is 12.1. The van der Waals surface area contributed by atoms with Crippen LogP contribution < -0.4 is 5.32 Å². The van der Waals surface area contributed by atoms with E-state index in [2.05, 4.69) is 10.3 Å².